The third kappa shape index (κ3) is 4.65. The van der Waals surface area contributed by atoms with Crippen LogP contribution >= 0.6 is 11.6 Å². The first-order valence-electron chi connectivity index (χ1n) is 8.13. The molecule has 0 saturated carbocycles. The second kappa shape index (κ2) is 8.37. The van der Waals surface area contributed by atoms with Gasteiger partial charge in [0.25, 0.3) is 11.6 Å². The molecule has 3 rings (SSSR count). The molecule has 8 heteroatoms. The number of carbonyl (C=O) groups is 1. The van der Waals surface area contributed by atoms with Crippen LogP contribution in [-0.4, -0.2) is 28.5 Å². The van der Waals surface area contributed by atoms with Crippen molar-refractivity contribution in [2.75, 3.05) is 13.2 Å². The molecule has 0 spiro atoms. The van der Waals surface area contributed by atoms with Crippen LogP contribution in [0.3, 0.4) is 0 Å². The summed E-state index contributed by atoms with van der Waals surface area (Å²) in [5.74, 6) is 0.178. The van der Waals surface area contributed by atoms with Gasteiger partial charge in [-0.1, -0.05) is 17.7 Å². The molecule has 0 saturated heterocycles. The number of hydrogen-bond donors (Lipinski definition) is 1. The average Bonchev–Trinajstić information content (AvgIpc) is 3.20. The fourth-order valence-corrected chi connectivity index (χ4v) is 2.67. The Morgan fingerprint density at radius 2 is 1.93 bits per heavy atom. The van der Waals surface area contributed by atoms with Crippen LogP contribution in [0.1, 0.15) is 10.4 Å². The Kier molecular flexibility index (Phi) is 5.73. The van der Waals surface area contributed by atoms with E-state index < -0.39 is 10.8 Å². The van der Waals surface area contributed by atoms with Gasteiger partial charge in [-0.15, -0.1) is 0 Å². The summed E-state index contributed by atoms with van der Waals surface area (Å²) in [6.45, 7) is 0.471. The number of aromatic nitrogens is 1. The molecule has 1 heterocycles. The highest BCUT2D eigenvalue weighted by Crippen LogP contribution is 2.22. The lowest BCUT2D eigenvalue weighted by atomic mass is 10.2. The molecule has 138 valence electrons. The first-order valence-corrected chi connectivity index (χ1v) is 8.51. The summed E-state index contributed by atoms with van der Waals surface area (Å²) in [6.07, 6.45) is 3.87. The normalized spacial score (nSPS) is 10.4. The van der Waals surface area contributed by atoms with Crippen LogP contribution in [0.15, 0.2) is 67.0 Å². The van der Waals surface area contributed by atoms with Crippen LogP contribution in [-0.2, 0) is 0 Å². The van der Waals surface area contributed by atoms with Crippen molar-refractivity contribution in [2.24, 2.45) is 0 Å². The molecule has 0 aliphatic rings. The highest BCUT2D eigenvalue weighted by molar-refractivity contribution is 6.33. The Morgan fingerprint density at radius 3 is 2.67 bits per heavy atom. The van der Waals surface area contributed by atoms with Crippen molar-refractivity contribution >= 4 is 23.2 Å². The van der Waals surface area contributed by atoms with Crippen LogP contribution in [0.5, 0.6) is 5.75 Å². The molecule has 3 aromatic rings. The molecule has 1 N–H and O–H groups in total. The topological polar surface area (TPSA) is 86.4 Å². The summed E-state index contributed by atoms with van der Waals surface area (Å²) in [5, 5.41) is 13.6. The predicted octanol–water partition coefficient (Wildman–Crippen LogP) is 3.85. The van der Waals surface area contributed by atoms with Crippen molar-refractivity contribution in [1.29, 1.82) is 0 Å². The second-order valence-corrected chi connectivity index (χ2v) is 6.02. The van der Waals surface area contributed by atoms with Gasteiger partial charge in [0.15, 0.2) is 0 Å². The van der Waals surface area contributed by atoms with Gasteiger partial charge in [-0.3, -0.25) is 14.9 Å². The standard InChI is InChI=1S/C19H16ClN3O4/c20-18-7-6-15(23(25)26)13-17(18)19(24)21-8-11-27-16-5-3-4-14(12-16)22-9-1-2-10-22/h1-7,9-10,12-13H,8,11H2,(H,21,24). The molecule has 0 aliphatic carbocycles. The number of rotatable bonds is 7. The molecule has 7 nitrogen and oxygen atoms in total. The monoisotopic (exact) mass is 385 g/mol. The van der Waals surface area contributed by atoms with Gasteiger partial charge in [0.1, 0.15) is 12.4 Å². The largest absolute Gasteiger partial charge is 0.492 e. The number of nitro benzene ring substituents is 1. The highest BCUT2D eigenvalue weighted by atomic mass is 35.5. The van der Waals surface area contributed by atoms with E-state index in [1.165, 1.54) is 12.1 Å². The van der Waals surface area contributed by atoms with E-state index in [9.17, 15) is 14.9 Å². The molecule has 0 atom stereocenters. The van der Waals surface area contributed by atoms with Crippen molar-refractivity contribution in [1.82, 2.24) is 9.88 Å². The number of hydrogen-bond acceptors (Lipinski definition) is 4. The number of carbonyl (C=O) groups excluding carboxylic acids is 1. The van der Waals surface area contributed by atoms with E-state index >= 15 is 0 Å². The summed E-state index contributed by atoms with van der Waals surface area (Å²) in [7, 11) is 0. The lowest BCUT2D eigenvalue weighted by Gasteiger charge is -2.10. The number of nitrogens with one attached hydrogen (secondary N) is 1. The Balaban J connectivity index is 1.55. The lowest BCUT2D eigenvalue weighted by Crippen LogP contribution is -2.28. The molecule has 2 aromatic carbocycles. The minimum Gasteiger partial charge on any atom is -0.492 e. The minimum atomic E-state index is -0.575. The van der Waals surface area contributed by atoms with Crippen LogP contribution < -0.4 is 10.1 Å². The zero-order valence-corrected chi connectivity index (χ0v) is 14.9. The summed E-state index contributed by atoms with van der Waals surface area (Å²) in [6, 6.07) is 15.2. The quantitative estimate of drug-likeness (QED) is 0.380. The summed E-state index contributed by atoms with van der Waals surface area (Å²) in [4.78, 5) is 22.4. The van der Waals surface area contributed by atoms with Crippen molar-refractivity contribution in [2.45, 2.75) is 0 Å². The van der Waals surface area contributed by atoms with Crippen LogP contribution in [0, 0.1) is 10.1 Å². The van der Waals surface area contributed by atoms with Crippen molar-refractivity contribution in [3.05, 3.63) is 87.7 Å². The maximum Gasteiger partial charge on any atom is 0.270 e. The van der Waals surface area contributed by atoms with E-state index in [0.717, 1.165) is 11.8 Å². The Morgan fingerprint density at radius 1 is 1.15 bits per heavy atom. The van der Waals surface area contributed by atoms with E-state index in [-0.39, 0.29) is 29.4 Å². The number of ether oxygens (including phenoxy) is 1. The van der Waals surface area contributed by atoms with Crippen LogP contribution in [0.2, 0.25) is 5.02 Å². The van der Waals surface area contributed by atoms with Gasteiger partial charge in [0, 0.05) is 36.3 Å². The summed E-state index contributed by atoms with van der Waals surface area (Å²) >= 11 is 5.95. The number of benzene rings is 2. The Bertz CT molecular complexity index is 957. The molecule has 0 unspecified atom stereocenters. The number of halogens is 1. The van der Waals surface area contributed by atoms with Gasteiger partial charge < -0.3 is 14.6 Å². The molecule has 0 fully saturated rings. The van der Waals surface area contributed by atoms with Crippen molar-refractivity contribution in [3.63, 3.8) is 0 Å². The second-order valence-electron chi connectivity index (χ2n) is 5.61. The average molecular weight is 386 g/mol. The molecule has 1 aromatic heterocycles. The maximum atomic E-state index is 12.2. The SMILES string of the molecule is O=C(NCCOc1cccc(-n2cccc2)c1)c1cc([N+](=O)[O-])ccc1Cl. The third-order valence-corrected chi connectivity index (χ3v) is 4.11. The van der Waals surface area contributed by atoms with E-state index in [1.807, 2.05) is 53.4 Å². The smallest absolute Gasteiger partial charge is 0.270 e. The predicted molar refractivity (Wildman–Crippen MR) is 102 cm³/mol. The van der Waals surface area contributed by atoms with Crippen LogP contribution in [0.4, 0.5) is 5.69 Å². The summed E-state index contributed by atoms with van der Waals surface area (Å²) < 4.78 is 7.61. The molecule has 27 heavy (non-hydrogen) atoms. The maximum absolute atomic E-state index is 12.2. The fourth-order valence-electron chi connectivity index (χ4n) is 2.47. The molecule has 1 amide bonds. The number of nitro groups is 1. The van der Waals surface area contributed by atoms with E-state index in [1.54, 1.807) is 0 Å². The van der Waals surface area contributed by atoms with Gasteiger partial charge in [-0.25, -0.2) is 0 Å². The fraction of sp³-hybridized carbons (Fsp3) is 0.105. The van der Waals surface area contributed by atoms with Crippen molar-refractivity contribution < 1.29 is 14.5 Å². The van der Waals surface area contributed by atoms with E-state index in [2.05, 4.69) is 5.32 Å². The highest BCUT2D eigenvalue weighted by Gasteiger charge is 2.15. The number of nitrogens with zero attached hydrogens (tertiary/aromatic N) is 2. The zero-order valence-electron chi connectivity index (χ0n) is 14.2. The third-order valence-electron chi connectivity index (χ3n) is 3.78. The lowest BCUT2D eigenvalue weighted by molar-refractivity contribution is -0.384. The molecular formula is C19H16ClN3O4. The Labute approximate surface area is 160 Å². The first kappa shape index (κ1) is 18.5. The van der Waals surface area contributed by atoms with E-state index in [4.69, 9.17) is 16.3 Å². The van der Waals surface area contributed by atoms with Crippen LogP contribution in [0.25, 0.3) is 5.69 Å². The van der Waals surface area contributed by atoms with Gasteiger partial charge in [0.2, 0.25) is 0 Å². The van der Waals surface area contributed by atoms with Gasteiger partial charge in [-0.05, 0) is 30.3 Å². The molecule has 0 aliphatic heterocycles. The number of non-ortho nitro benzene ring substituents is 1. The number of amides is 1. The van der Waals surface area contributed by atoms with Crippen molar-refractivity contribution in [3.8, 4) is 11.4 Å². The Hall–Kier alpha value is -3.32. The minimum absolute atomic E-state index is 0.0560. The first-order chi connectivity index (χ1) is 13.0. The zero-order chi connectivity index (χ0) is 19.2. The van der Waals surface area contributed by atoms with Gasteiger partial charge >= 0.3 is 0 Å². The summed E-state index contributed by atoms with van der Waals surface area (Å²) in [5.41, 5.74) is 0.827. The molecule has 0 radical (unpaired) electrons. The van der Waals surface area contributed by atoms with Gasteiger partial charge in [-0.2, -0.15) is 0 Å². The molecular weight excluding hydrogens is 370 g/mol. The molecule has 0 bridgehead atoms. The van der Waals surface area contributed by atoms with Gasteiger partial charge in [0.05, 0.1) is 22.1 Å². The van der Waals surface area contributed by atoms with E-state index in [0.29, 0.717) is 5.75 Å².